The molecule has 14 nitrogen and oxygen atoms in total. The molecule has 3 aromatic rings. The predicted octanol–water partition coefficient (Wildman–Crippen LogP) is -1.89. The minimum atomic E-state index is -0.810. The molecule has 0 aliphatic carbocycles. The van der Waals surface area contributed by atoms with Crippen molar-refractivity contribution in [3.8, 4) is 0 Å². The summed E-state index contributed by atoms with van der Waals surface area (Å²) in [5.74, 6) is -1.47. The maximum atomic E-state index is 12.4. The van der Waals surface area contributed by atoms with Crippen LogP contribution in [0.2, 0.25) is 0 Å². The minimum Gasteiger partial charge on any atom is -0.390 e. The van der Waals surface area contributed by atoms with Crippen molar-refractivity contribution in [1.82, 2.24) is 33.4 Å². The SMILES string of the molecule is Cn1c(=O)c2c(nc(Sc3nc([N+](=O)[O-])nn3CC(N)=O)n2C)n(C)c1=O. The van der Waals surface area contributed by atoms with E-state index < -0.39 is 34.6 Å². The number of nitrogens with two attached hydrogens (primary N) is 1. The van der Waals surface area contributed by atoms with Gasteiger partial charge in [-0.2, -0.15) is 4.68 Å². The summed E-state index contributed by atoms with van der Waals surface area (Å²) >= 11 is 0.841. The Morgan fingerprint density at radius 3 is 2.41 bits per heavy atom. The smallest absolute Gasteiger partial charge is 0.390 e. The van der Waals surface area contributed by atoms with Crippen LogP contribution in [0.15, 0.2) is 19.9 Å². The second kappa shape index (κ2) is 6.35. The van der Waals surface area contributed by atoms with Crippen molar-refractivity contribution in [2.24, 2.45) is 26.9 Å². The van der Waals surface area contributed by atoms with Gasteiger partial charge in [0.05, 0.1) is 0 Å². The molecule has 0 atom stereocenters. The lowest BCUT2D eigenvalue weighted by Crippen LogP contribution is -2.37. The standard InChI is InChI=1S/C12H13N9O5S/c1-17-6-7(18(2)12(24)19(3)8(6)23)14-10(17)27-11-15-9(21(25)26)16-20(11)4-5(13)22/h4H2,1-3H3,(H2,13,22). The van der Waals surface area contributed by atoms with Crippen LogP contribution in [0.5, 0.6) is 0 Å². The van der Waals surface area contributed by atoms with E-state index in [0.29, 0.717) is 0 Å². The second-order valence-corrected chi connectivity index (χ2v) is 6.44. The van der Waals surface area contributed by atoms with Crippen molar-refractivity contribution < 1.29 is 9.72 Å². The van der Waals surface area contributed by atoms with E-state index in [-0.39, 0.29) is 21.5 Å². The molecule has 2 N–H and O–H groups in total. The Hall–Kier alpha value is -3.49. The van der Waals surface area contributed by atoms with E-state index in [2.05, 4.69) is 15.1 Å². The molecular weight excluding hydrogens is 382 g/mol. The Labute approximate surface area is 153 Å². The number of aryl methyl sites for hydroxylation is 2. The molecule has 0 aliphatic heterocycles. The quantitative estimate of drug-likeness (QED) is 0.381. The lowest BCUT2D eigenvalue weighted by molar-refractivity contribution is -0.394. The molecule has 0 saturated heterocycles. The fraction of sp³-hybridized carbons (Fsp3) is 0.333. The summed E-state index contributed by atoms with van der Waals surface area (Å²) in [7, 11) is 4.36. The molecule has 0 saturated carbocycles. The summed E-state index contributed by atoms with van der Waals surface area (Å²) in [6.07, 6.45) is 0. The minimum absolute atomic E-state index is 0.0132. The number of imidazole rings is 1. The van der Waals surface area contributed by atoms with E-state index in [0.717, 1.165) is 21.0 Å². The van der Waals surface area contributed by atoms with Crippen LogP contribution in [-0.2, 0) is 32.5 Å². The highest BCUT2D eigenvalue weighted by Crippen LogP contribution is 2.28. The number of nitro groups is 1. The number of carbonyl (C=O) groups is 1. The van der Waals surface area contributed by atoms with Crippen LogP contribution in [0, 0.1) is 10.1 Å². The van der Waals surface area contributed by atoms with Gasteiger partial charge in [0, 0.05) is 38.0 Å². The van der Waals surface area contributed by atoms with Gasteiger partial charge in [-0.1, -0.05) is 0 Å². The maximum absolute atomic E-state index is 12.4. The van der Waals surface area contributed by atoms with Gasteiger partial charge in [-0.25, -0.2) is 9.78 Å². The van der Waals surface area contributed by atoms with Crippen molar-refractivity contribution in [3.63, 3.8) is 0 Å². The third kappa shape index (κ3) is 2.97. The zero-order valence-electron chi connectivity index (χ0n) is 14.3. The molecule has 15 heteroatoms. The summed E-state index contributed by atoms with van der Waals surface area (Å²) in [5.41, 5.74) is 4.34. The summed E-state index contributed by atoms with van der Waals surface area (Å²) < 4.78 is 4.55. The number of hydrogen-bond donors (Lipinski definition) is 1. The predicted molar refractivity (Wildman–Crippen MR) is 91.2 cm³/mol. The summed E-state index contributed by atoms with van der Waals surface area (Å²) in [5, 5.41) is 14.7. The first-order valence-electron chi connectivity index (χ1n) is 7.29. The third-order valence-corrected chi connectivity index (χ3v) is 4.74. The topological polar surface area (TPSA) is 179 Å². The molecule has 0 fully saturated rings. The van der Waals surface area contributed by atoms with Gasteiger partial charge in [-0.05, 0) is 9.91 Å². The Kier molecular flexibility index (Phi) is 4.30. The van der Waals surface area contributed by atoms with E-state index >= 15 is 0 Å². The molecular formula is C12H13N9O5S. The Balaban J connectivity index is 2.17. The van der Waals surface area contributed by atoms with Gasteiger partial charge < -0.3 is 20.4 Å². The lowest BCUT2D eigenvalue weighted by atomic mass is 10.5. The number of carbonyl (C=O) groups excluding carboxylic acids is 1. The van der Waals surface area contributed by atoms with Crippen LogP contribution in [-0.4, -0.2) is 44.3 Å². The molecule has 142 valence electrons. The largest absolute Gasteiger partial charge is 0.492 e. The number of aromatic nitrogens is 7. The zero-order chi connectivity index (χ0) is 20.0. The fourth-order valence-corrected chi connectivity index (χ4v) is 3.25. The molecule has 0 aromatic carbocycles. The highest BCUT2D eigenvalue weighted by Gasteiger charge is 2.26. The van der Waals surface area contributed by atoms with Crippen LogP contribution >= 0.6 is 11.8 Å². The van der Waals surface area contributed by atoms with Crippen molar-refractivity contribution in [1.29, 1.82) is 0 Å². The Bertz CT molecular complexity index is 1220. The number of nitrogens with zero attached hydrogens (tertiary/aromatic N) is 8. The first-order chi connectivity index (χ1) is 12.6. The van der Waals surface area contributed by atoms with Crippen molar-refractivity contribution >= 4 is 34.8 Å². The fourth-order valence-electron chi connectivity index (χ4n) is 2.39. The van der Waals surface area contributed by atoms with E-state index in [1.807, 2.05) is 0 Å². The first-order valence-corrected chi connectivity index (χ1v) is 8.11. The van der Waals surface area contributed by atoms with E-state index in [9.17, 15) is 24.5 Å². The zero-order valence-corrected chi connectivity index (χ0v) is 15.1. The Morgan fingerprint density at radius 1 is 1.15 bits per heavy atom. The number of amides is 1. The van der Waals surface area contributed by atoms with Crippen LogP contribution in [0.3, 0.4) is 0 Å². The molecule has 1 amide bonds. The molecule has 0 unspecified atom stereocenters. The molecule has 27 heavy (non-hydrogen) atoms. The molecule has 3 heterocycles. The van der Waals surface area contributed by atoms with Crippen molar-refractivity contribution in [3.05, 3.63) is 31.0 Å². The molecule has 0 bridgehead atoms. The molecule has 3 rings (SSSR count). The maximum Gasteiger partial charge on any atom is 0.492 e. The van der Waals surface area contributed by atoms with Gasteiger partial charge in [0.2, 0.25) is 5.91 Å². The lowest BCUT2D eigenvalue weighted by Gasteiger charge is -2.03. The van der Waals surface area contributed by atoms with Crippen LogP contribution in [0.25, 0.3) is 11.2 Å². The van der Waals surface area contributed by atoms with Gasteiger partial charge in [0.15, 0.2) is 16.3 Å². The van der Waals surface area contributed by atoms with Crippen LogP contribution in [0.1, 0.15) is 0 Å². The van der Waals surface area contributed by atoms with E-state index in [1.54, 1.807) is 7.05 Å². The number of hydrogen-bond acceptors (Lipinski definition) is 9. The van der Waals surface area contributed by atoms with Gasteiger partial charge in [-0.3, -0.25) is 18.7 Å². The van der Waals surface area contributed by atoms with Gasteiger partial charge in [0.1, 0.15) is 6.54 Å². The molecule has 0 spiro atoms. The number of primary amides is 1. The highest BCUT2D eigenvalue weighted by atomic mass is 32.2. The van der Waals surface area contributed by atoms with Gasteiger partial charge in [0.25, 0.3) is 10.7 Å². The van der Waals surface area contributed by atoms with Crippen molar-refractivity contribution in [2.45, 2.75) is 16.9 Å². The normalized spacial score (nSPS) is 11.2. The molecule has 0 radical (unpaired) electrons. The number of fused-ring (bicyclic) bond motifs is 1. The first kappa shape index (κ1) is 18.3. The van der Waals surface area contributed by atoms with E-state index in [1.165, 1.54) is 23.2 Å². The molecule has 0 aliphatic rings. The van der Waals surface area contributed by atoms with Gasteiger partial charge >= 0.3 is 11.6 Å². The van der Waals surface area contributed by atoms with Gasteiger partial charge in [-0.15, -0.1) is 0 Å². The Morgan fingerprint density at radius 2 is 1.81 bits per heavy atom. The monoisotopic (exact) mass is 395 g/mol. The average Bonchev–Trinajstić information content (AvgIpc) is 3.13. The molecule has 3 aromatic heterocycles. The van der Waals surface area contributed by atoms with Crippen LogP contribution < -0.4 is 17.0 Å². The number of rotatable bonds is 5. The van der Waals surface area contributed by atoms with Crippen molar-refractivity contribution in [2.75, 3.05) is 0 Å². The highest BCUT2D eigenvalue weighted by molar-refractivity contribution is 7.99. The van der Waals surface area contributed by atoms with Crippen LogP contribution in [0.4, 0.5) is 5.95 Å². The average molecular weight is 395 g/mol. The second-order valence-electron chi connectivity index (χ2n) is 5.51. The summed E-state index contributed by atoms with van der Waals surface area (Å²) in [6, 6.07) is 0. The summed E-state index contributed by atoms with van der Waals surface area (Å²) in [6.45, 7) is -0.423. The summed E-state index contributed by atoms with van der Waals surface area (Å²) in [4.78, 5) is 53.7. The third-order valence-electron chi connectivity index (χ3n) is 3.71. The van der Waals surface area contributed by atoms with E-state index in [4.69, 9.17) is 5.73 Å².